The van der Waals surface area contributed by atoms with E-state index in [0.29, 0.717) is 24.7 Å². The van der Waals surface area contributed by atoms with Crippen molar-refractivity contribution in [3.05, 3.63) is 58.5 Å². The van der Waals surface area contributed by atoms with E-state index in [1.807, 2.05) is 46.3 Å². The number of rotatable bonds is 6. The number of thiophene rings is 1. The smallest absolute Gasteiger partial charge is 0.324 e. The first-order chi connectivity index (χ1) is 13.6. The zero-order chi connectivity index (χ0) is 19.5. The summed E-state index contributed by atoms with van der Waals surface area (Å²) in [5, 5.41) is 13.6. The van der Waals surface area contributed by atoms with Gasteiger partial charge in [-0.05, 0) is 30.5 Å². The highest BCUT2D eigenvalue weighted by Crippen LogP contribution is 2.28. The normalized spacial score (nSPS) is 14.9. The largest absolute Gasteiger partial charge is 0.336 e. The van der Waals surface area contributed by atoms with Crippen LogP contribution in [0.5, 0.6) is 0 Å². The Morgan fingerprint density at radius 3 is 2.75 bits per heavy atom. The van der Waals surface area contributed by atoms with Crippen LogP contribution in [0.15, 0.2) is 53.0 Å². The maximum atomic E-state index is 12.7. The molecule has 1 fully saturated rings. The highest BCUT2D eigenvalue weighted by Gasteiger charge is 2.31. The minimum absolute atomic E-state index is 0.220. The molecule has 2 aromatic heterocycles. The molecular weight excluding hydrogens is 394 g/mol. The lowest BCUT2D eigenvalue weighted by Gasteiger charge is -2.17. The third kappa shape index (κ3) is 3.81. The fourth-order valence-electron chi connectivity index (χ4n) is 3.01. The number of imide groups is 1. The molecule has 9 heteroatoms. The molecule has 1 aliphatic rings. The van der Waals surface area contributed by atoms with Crippen molar-refractivity contribution in [2.24, 2.45) is 0 Å². The number of para-hydroxylation sites is 1. The molecule has 1 saturated heterocycles. The van der Waals surface area contributed by atoms with Gasteiger partial charge in [-0.25, -0.2) is 4.79 Å². The van der Waals surface area contributed by atoms with Crippen molar-refractivity contribution in [3.63, 3.8) is 0 Å². The van der Waals surface area contributed by atoms with E-state index in [9.17, 15) is 9.59 Å². The quantitative estimate of drug-likeness (QED) is 0.629. The molecule has 7 nitrogen and oxygen atoms in total. The second kappa shape index (κ2) is 8.15. The van der Waals surface area contributed by atoms with E-state index in [1.54, 1.807) is 18.3 Å². The summed E-state index contributed by atoms with van der Waals surface area (Å²) < 4.78 is 1.98. The van der Waals surface area contributed by atoms with Crippen molar-refractivity contribution in [3.8, 4) is 5.69 Å². The van der Waals surface area contributed by atoms with Gasteiger partial charge in [0.2, 0.25) is 5.91 Å². The molecule has 0 bridgehead atoms. The average Bonchev–Trinajstić information content (AvgIpc) is 3.44. The summed E-state index contributed by atoms with van der Waals surface area (Å²) in [4.78, 5) is 26.9. The predicted molar refractivity (Wildman–Crippen MR) is 109 cm³/mol. The fourth-order valence-corrected chi connectivity index (χ4v) is 4.66. The van der Waals surface area contributed by atoms with Crippen molar-refractivity contribution < 1.29 is 9.59 Å². The maximum absolute atomic E-state index is 12.7. The van der Waals surface area contributed by atoms with Gasteiger partial charge in [0.15, 0.2) is 5.16 Å². The lowest BCUT2D eigenvalue weighted by Crippen LogP contribution is -2.39. The fraction of sp³-hybridized carbons (Fsp3) is 0.263. The Labute approximate surface area is 170 Å². The number of hydrogen-bond acceptors (Lipinski definition) is 6. The highest BCUT2D eigenvalue weighted by atomic mass is 32.2. The Morgan fingerprint density at radius 2 is 2.07 bits per heavy atom. The Balaban J connectivity index is 1.62. The molecule has 3 amide bonds. The number of benzene rings is 1. The summed E-state index contributed by atoms with van der Waals surface area (Å²) >= 11 is 2.99. The van der Waals surface area contributed by atoms with E-state index in [0.717, 1.165) is 11.5 Å². The molecule has 0 unspecified atom stereocenters. The highest BCUT2D eigenvalue weighted by molar-refractivity contribution is 8.00. The monoisotopic (exact) mass is 413 g/mol. The molecule has 28 heavy (non-hydrogen) atoms. The van der Waals surface area contributed by atoms with Gasteiger partial charge < -0.3 is 5.32 Å². The van der Waals surface area contributed by atoms with Gasteiger partial charge in [-0.1, -0.05) is 36.0 Å². The zero-order valence-electron chi connectivity index (χ0n) is 15.2. The molecule has 1 atom stereocenters. The van der Waals surface area contributed by atoms with Crippen LogP contribution >= 0.6 is 23.1 Å². The number of thioether (sulfide) groups is 1. The summed E-state index contributed by atoms with van der Waals surface area (Å²) in [7, 11) is 0. The molecule has 1 N–H and O–H groups in total. The molecule has 0 aliphatic carbocycles. The van der Waals surface area contributed by atoms with E-state index in [-0.39, 0.29) is 11.9 Å². The molecule has 0 radical (unpaired) electrons. The Morgan fingerprint density at radius 1 is 1.25 bits per heavy atom. The second-order valence-corrected chi connectivity index (χ2v) is 8.65. The van der Waals surface area contributed by atoms with Crippen LogP contribution in [-0.2, 0) is 11.2 Å². The van der Waals surface area contributed by atoms with Crippen LogP contribution in [0.2, 0.25) is 0 Å². The molecule has 4 rings (SSSR count). The van der Waals surface area contributed by atoms with Crippen LogP contribution in [0, 0.1) is 0 Å². The van der Waals surface area contributed by atoms with Crippen molar-refractivity contribution >= 4 is 35.0 Å². The van der Waals surface area contributed by atoms with Gasteiger partial charge >= 0.3 is 6.03 Å². The number of urea groups is 1. The number of hydrogen-bond donors (Lipinski definition) is 1. The molecule has 3 heterocycles. The minimum Gasteiger partial charge on any atom is -0.336 e. The average molecular weight is 414 g/mol. The first-order valence-electron chi connectivity index (χ1n) is 8.91. The molecule has 3 aromatic rings. The van der Waals surface area contributed by atoms with Crippen molar-refractivity contribution in [1.29, 1.82) is 0 Å². The predicted octanol–water partition coefficient (Wildman–Crippen LogP) is 2.95. The van der Waals surface area contributed by atoms with Gasteiger partial charge in [0.1, 0.15) is 5.82 Å². The van der Waals surface area contributed by atoms with Crippen molar-refractivity contribution in [2.75, 3.05) is 13.1 Å². The number of amides is 3. The van der Waals surface area contributed by atoms with Gasteiger partial charge in [-0.3, -0.25) is 14.3 Å². The number of carbonyl (C=O) groups excluding carboxylic acids is 2. The zero-order valence-corrected chi connectivity index (χ0v) is 16.9. The molecule has 0 spiro atoms. The second-order valence-electron chi connectivity index (χ2n) is 6.31. The number of nitrogens with zero attached hydrogens (tertiary/aromatic N) is 4. The summed E-state index contributed by atoms with van der Waals surface area (Å²) in [6.45, 7) is 2.69. The van der Waals surface area contributed by atoms with E-state index in [2.05, 4.69) is 21.6 Å². The van der Waals surface area contributed by atoms with Crippen LogP contribution < -0.4 is 5.32 Å². The van der Waals surface area contributed by atoms with Crippen LogP contribution in [0.4, 0.5) is 4.79 Å². The lowest BCUT2D eigenvalue weighted by atomic mass is 10.3. The van der Waals surface area contributed by atoms with Gasteiger partial charge in [-0.2, -0.15) is 0 Å². The number of aromatic nitrogens is 3. The first-order valence-corrected chi connectivity index (χ1v) is 10.7. The van der Waals surface area contributed by atoms with E-state index < -0.39 is 5.25 Å². The standard InChI is InChI=1S/C19H19N5O2S2/c1-13(17(25)23-10-9-20-18(23)26)28-19-22-21-16(12-15-8-5-11-27-15)24(19)14-6-3-2-4-7-14/h2-8,11,13H,9-10,12H2,1H3,(H,20,26)/t13-/m1/s1. The van der Waals surface area contributed by atoms with Gasteiger partial charge in [0, 0.05) is 30.1 Å². The molecular formula is C19H19N5O2S2. The number of nitrogens with one attached hydrogen (secondary N) is 1. The summed E-state index contributed by atoms with van der Waals surface area (Å²) in [5.41, 5.74) is 0.945. The van der Waals surface area contributed by atoms with Gasteiger partial charge in [-0.15, -0.1) is 21.5 Å². The number of carbonyl (C=O) groups is 2. The Hall–Kier alpha value is -2.65. The van der Waals surface area contributed by atoms with Crippen LogP contribution in [0.3, 0.4) is 0 Å². The topological polar surface area (TPSA) is 80.1 Å². The Bertz CT molecular complexity index is 972. The van der Waals surface area contributed by atoms with Crippen molar-refractivity contribution in [2.45, 2.75) is 23.8 Å². The maximum Gasteiger partial charge on any atom is 0.324 e. The van der Waals surface area contributed by atoms with Crippen molar-refractivity contribution in [1.82, 2.24) is 25.0 Å². The third-order valence-electron chi connectivity index (χ3n) is 4.38. The molecule has 1 aromatic carbocycles. The molecule has 0 saturated carbocycles. The van der Waals surface area contributed by atoms with E-state index in [4.69, 9.17) is 0 Å². The lowest BCUT2D eigenvalue weighted by molar-refractivity contribution is -0.126. The first kappa shape index (κ1) is 18.7. The van der Waals surface area contributed by atoms with Crippen LogP contribution in [0.1, 0.15) is 17.6 Å². The molecule has 1 aliphatic heterocycles. The summed E-state index contributed by atoms with van der Waals surface area (Å²) in [6, 6.07) is 13.6. The summed E-state index contributed by atoms with van der Waals surface area (Å²) in [5.74, 6) is 0.595. The van der Waals surface area contributed by atoms with E-state index in [1.165, 1.54) is 21.5 Å². The van der Waals surface area contributed by atoms with Crippen LogP contribution in [-0.4, -0.2) is 49.9 Å². The van der Waals surface area contributed by atoms with E-state index >= 15 is 0 Å². The van der Waals surface area contributed by atoms with Gasteiger partial charge in [0.05, 0.1) is 5.25 Å². The molecule has 144 valence electrons. The SMILES string of the molecule is C[C@@H](Sc1nnc(Cc2cccs2)n1-c1ccccc1)C(=O)N1CCNC1=O. The van der Waals surface area contributed by atoms with Gasteiger partial charge in [0.25, 0.3) is 0 Å². The van der Waals surface area contributed by atoms with Crippen LogP contribution in [0.25, 0.3) is 5.69 Å². The Kier molecular flexibility index (Phi) is 5.45. The third-order valence-corrected chi connectivity index (χ3v) is 6.29. The minimum atomic E-state index is -0.454. The summed E-state index contributed by atoms with van der Waals surface area (Å²) in [6.07, 6.45) is 0.664.